The SMILES string of the molecule is O=C(NCC1(C(=O)O)CCC1)C1CCCNC1. The smallest absolute Gasteiger partial charge is 0.311 e. The fourth-order valence-electron chi connectivity index (χ4n) is 2.55. The summed E-state index contributed by atoms with van der Waals surface area (Å²) in [6.45, 7) is 1.98. The zero-order chi connectivity index (χ0) is 12.3. The third-order valence-corrected chi connectivity index (χ3v) is 4.03. The largest absolute Gasteiger partial charge is 0.481 e. The molecule has 1 aliphatic heterocycles. The van der Waals surface area contributed by atoms with Gasteiger partial charge in [0.2, 0.25) is 5.91 Å². The van der Waals surface area contributed by atoms with Crippen LogP contribution in [0.4, 0.5) is 0 Å². The number of hydrogen-bond donors (Lipinski definition) is 3. The Labute approximate surface area is 101 Å². The summed E-state index contributed by atoms with van der Waals surface area (Å²) >= 11 is 0. The second-order valence-corrected chi connectivity index (χ2v) is 5.20. The van der Waals surface area contributed by atoms with Gasteiger partial charge in [-0.25, -0.2) is 0 Å². The Bertz CT molecular complexity index is 307. The van der Waals surface area contributed by atoms with E-state index in [9.17, 15) is 9.59 Å². The van der Waals surface area contributed by atoms with E-state index in [1.807, 2.05) is 0 Å². The summed E-state index contributed by atoms with van der Waals surface area (Å²) in [5.74, 6) is -0.759. The first-order valence-electron chi connectivity index (χ1n) is 6.36. The first kappa shape index (κ1) is 12.4. The number of piperidine rings is 1. The Morgan fingerprint density at radius 3 is 2.59 bits per heavy atom. The van der Waals surface area contributed by atoms with E-state index in [1.165, 1.54) is 0 Å². The number of carbonyl (C=O) groups excluding carboxylic acids is 1. The van der Waals surface area contributed by atoms with Crippen molar-refractivity contribution in [3.05, 3.63) is 0 Å². The predicted octanol–water partition coefficient (Wildman–Crippen LogP) is 0.357. The summed E-state index contributed by atoms with van der Waals surface area (Å²) in [7, 11) is 0. The maximum atomic E-state index is 11.9. The molecule has 0 aromatic carbocycles. The van der Waals surface area contributed by atoms with Crippen LogP contribution < -0.4 is 10.6 Å². The van der Waals surface area contributed by atoms with Gasteiger partial charge in [-0.3, -0.25) is 9.59 Å². The molecule has 1 unspecified atom stereocenters. The lowest BCUT2D eigenvalue weighted by Crippen LogP contribution is -2.50. The zero-order valence-corrected chi connectivity index (χ0v) is 10.00. The highest BCUT2D eigenvalue weighted by atomic mass is 16.4. The van der Waals surface area contributed by atoms with Crippen molar-refractivity contribution in [2.24, 2.45) is 11.3 Å². The molecule has 2 aliphatic rings. The van der Waals surface area contributed by atoms with Gasteiger partial charge in [-0.1, -0.05) is 6.42 Å². The van der Waals surface area contributed by atoms with Crippen LogP contribution in [0.15, 0.2) is 0 Å². The first-order chi connectivity index (χ1) is 8.14. The average molecular weight is 240 g/mol. The average Bonchev–Trinajstić information content (AvgIpc) is 2.28. The van der Waals surface area contributed by atoms with E-state index in [4.69, 9.17) is 5.11 Å². The fraction of sp³-hybridized carbons (Fsp3) is 0.833. The minimum atomic E-state index is -0.772. The third-order valence-electron chi connectivity index (χ3n) is 4.03. The van der Waals surface area contributed by atoms with Gasteiger partial charge in [0.25, 0.3) is 0 Å². The molecule has 1 amide bonds. The fourth-order valence-corrected chi connectivity index (χ4v) is 2.55. The van der Waals surface area contributed by atoms with Crippen molar-refractivity contribution in [1.82, 2.24) is 10.6 Å². The van der Waals surface area contributed by atoms with Gasteiger partial charge in [-0.15, -0.1) is 0 Å². The van der Waals surface area contributed by atoms with Crippen molar-refractivity contribution < 1.29 is 14.7 Å². The van der Waals surface area contributed by atoms with Crippen molar-refractivity contribution in [3.63, 3.8) is 0 Å². The molecule has 2 fully saturated rings. The summed E-state index contributed by atoms with van der Waals surface area (Å²) in [5.41, 5.74) is -0.683. The number of rotatable bonds is 4. The van der Waals surface area contributed by atoms with E-state index in [0.29, 0.717) is 19.4 Å². The highest BCUT2D eigenvalue weighted by Gasteiger charge is 2.44. The summed E-state index contributed by atoms with van der Waals surface area (Å²) < 4.78 is 0. The lowest BCUT2D eigenvalue weighted by atomic mass is 9.68. The van der Waals surface area contributed by atoms with E-state index in [-0.39, 0.29) is 18.4 Å². The van der Waals surface area contributed by atoms with Crippen molar-refractivity contribution >= 4 is 11.9 Å². The van der Waals surface area contributed by atoms with Gasteiger partial charge < -0.3 is 15.7 Å². The number of nitrogens with one attached hydrogen (secondary N) is 2. The lowest BCUT2D eigenvalue weighted by Gasteiger charge is -2.38. The molecule has 5 heteroatoms. The Morgan fingerprint density at radius 2 is 2.12 bits per heavy atom. The van der Waals surface area contributed by atoms with Crippen LogP contribution in [-0.2, 0) is 9.59 Å². The van der Waals surface area contributed by atoms with Gasteiger partial charge in [0, 0.05) is 13.1 Å². The van der Waals surface area contributed by atoms with E-state index in [0.717, 1.165) is 25.8 Å². The number of carboxylic acid groups (broad SMARTS) is 1. The number of amides is 1. The van der Waals surface area contributed by atoms with Gasteiger partial charge >= 0.3 is 5.97 Å². The van der Waals surface area contributed by atoms with Gasteiger partial charge in [0.1, 0.15) is 0 Å². The van der Waals surface area contributed by atoms with Crippen LogP contribution in [0.2, 0.25) is 0 Å². The molecule has 1 atom stereocenters. The van der Waals surface area contributed by atoms with Crippen molar-refractivity contribution in [2.75, 3.05) is 19.6 Å². The number of carbonyl (C=O) groups is 2. The van der Waals surface area contributed by atoms with Gasteiger partial charge in [-0.2, -0.15) is 0 Å². The number of carboxylic acids is 1. The number of aliphatic carboxylic acids is 1. The minimum absolute atomic E-state index is 0.00438. The summed E-state index contributed by atoms with van der Waals surface area (Å²) in [6, 6.07) is 0. The van der Waals surface area contributed by atoms with Gasteiger partial charge in [0.05, 0.1) is 11.3 Å². The van der Waals surface area contributed by atoms with Crippen molar-refractivity contribution in [2.45, 2.75) is 32.1 Å². The normalized spacial score (nSPS) is 26.9. The van der Waals surface area contributed by atoms with Crippen LogP contribution >= 0.6 is 0 Å². The van der Waals surface area contributed by atoms with Crippen LogP contribution in [0.25, 0.3) is 0 Å². The maximum Gasteiger partial charge on any atom is 0.311 e. The van der Waals surface area contributed by atoms with Crippen molar-refractivity contribution in [3.8, 4) is 0 Å². The van der Waals surface area contributed by atoms with Crippen LogP contribution in [0.1, 0.15) is 32.1 Å². The van der Waals surface area contributed by atoms with Gasteiger partial charge in [-0.05, 0) is 32.2 Å². The molecule has 0 aromatic heterocycles. The van der Waals surface area contributed by atoms with Crippen LogP contribution in [0, 0.1) is 11.3 Å². The molecular formula is C12H20N2O3. The van der Waals surface area contributed by atoms with E-state index < -0.39 is 11.4 Å². The molecule has 1 heterocycles. The second-order valence-electron chi connectivity index (χ2n) is 5.20. The highest BCUT2D eigenvalue weighted by molar-refractivity contribution is 5.81. The molecule has 0 aromatic rings. The zero-order valence-electron chi connectivity index (χ0n) is 10.00. The van der Waals surface area contributed by atoms with Crippen LogP contribution in [-0.4, -0.2) is 36.6 Å². The molecule has 0 radical (unpaired) electrons. The first-order valence-corrected chi connectivity index (χ1v) is 6.36. The molecule has 1 aliphatic carbocycles. The monoisotopic (exact) mass is 240 g/mol. The molecule has 0 bridgehead atoms. The summed E-state index contributed by atoms with van der Waals surface area (Å²) in [4.78, 5) is 23.0. The quantitative estimate of drug-likeness (QED) is 0.663. The molecule has 2 rings (SSSR count). The Kier molecular flexibility index (Phi) is 3.66. The lowest BCUT2D eigenvalue weighted by molar-refractivity contribution is -0.154. The number of hydrogen-bond acceptors (Lipinski definition) is 3. The highest BCUT2D eigenvalue weighted by Crippen LogP contribution is 2.40. The molecule has 0 spiro atoms. The topological polar surface area (TPSA) is 78.4 Å². The van der Waals surface area contributed by atoms with Crippen LogP contribution in [0.3, 0.4) is 0 Å². The molecule has 1 saturated carbocycles. The van der Waals surface area contributed by atoms with Crippen molar-refractivity contribution in [1.29, 1.82) is 0 Å². The molecule has 17 heavy (non-hydrogen) atoms. The Morgan fingerprint density at radius 1 is 1.35 bits per heavy atom. The van der Waals surface area contributed by atoms with E-state index >= 15 is 0 Å². The summed E-state index contributed by atoms with van der Waals surface area (Å²) in [5, 5.41) is 15.1. The van der Waals surface area contributed by atoms with E-state index in [1.54, 1.807) is 0 Å². The Hall–Kier alpha value is -1.10. The van der Waals surface area contributed by atoms with E-state index in [2.05, 4.69) is 10.6 Å². The molecule has 3 N–H and O–H groups in total. The maximum absolute atomic E-state index is 11.9. The van der Waals surface area contributed by atoms with Gasteiger partial charge in [0.15, 0.2) is 0 Å². The molecule has 96 valence electrons. The Balaban J connectivity index is 1.80. The van der Waals surface area contributed by atoms with Crippen LogP contribution in [0.5, 0.6) is 0 Å². The molecule has 5 nitrogen and oxygen atoms in total. The molecule has 1 saturated heterocycles. The predicted molar refractivity (Wildman–Crippen MR) is 62.5 cm³/mol. The third kappa shape index (κ3) is 2.60. The standard InChI is InChI=1S/C12H20N2O3/c15-10(9-3-1-6-13-7-9)14-8-12(11(16)17)4-2-5-12/h9,13H,1-8H2,(H,14,15)(H,16,17). The second kappa shape index (κ2) is 5.04. The summed E-state index contributed by atoms with van der Waals surface area (Å²) in [6.07, 6.45) is 4.24. The minimum Gasteiger partial charge on any atom is -0.481 e. The molecular weight excluding hydrogens is 220 g/mol.